The van der Waals surface area contributed by atoms with E-state index >= 15 is 0 Å². The molecule has 3 rings (SSSR count). The SMILES string of the molecule is COc1ccc(C(O)[C@@H](CN2CCCC2)NC(=O)CCCCCC(=O)c2ccc(OC(C)C)cc2)cc1. The number of nitrogens with zero attached hydrogens (tertiary/aromatic N) is 1. The van der Waals surface area contributed by atoms with E-state index in [-0.39, 0.29) is 23.8 Å². The van der Waals surface area contributed by atoms with E-state index in [2.05, 4.69) is 10.2 Å². The van der Waals surface area contributed by atoms with Gasteiger partial charge in [0.25, 0.3) is 0 Å². The van der Waals surface area contributed by atoms with Crippen LogP contribution in [0.4, 0.5) is 0 Å². The number of aliphatic hydroxyl groups is 1. The zero-order valence-corrected chi connectivity index (χ0v) is 22.4. The van der Waals surface area contributed by atoms with Crippen LogP contribution in [0.15, 0.2) is 48.5 Å². The molecule has 2 aromatic carbocycles. The Morgan fingerprint density at radius 2 is 1.54 bits per heavy atom. The van der Waals surface area contributed by atoms with Gasteiger partial charge < -0.3 is 24.8 Å². The predicted molar refractivity (Wildman–Crippen MR) is 145 cm³/mol. The number of hydrogen-bond acceptors (Lipinski definition) is 6. The first kappa shape index (κ1) is 28.7. The smallest absolute Gasteiger partial charge is 0.220 e. The summed E-state index contributed by atoms with van der Waals surface area (Å²) in [6.45, 7) is 6.53. The van der Waals surface area contributed by atoms with Crippen molar-refractivity contribution >= 4 is 11.7 Å². The Morgan fingerprint density at radius 3 is 2.16 bits per heavy atom. The van der Waals surface area contributed by atoms with Gasteiger partial charge in [-0.05, 0) is 94.6 Å². The Kier molecular flexibility index (Phi) is 11.4. The van der Waals surface area contributed by atoms with Gasteiger partial charge in [0.05, 0.1) is 19.3 Å². The van der Waals surface area contributed by atoms with Crippen molar-refractivity contribution in [2.75, 3.05) is 26.7 Å². The molecule has 1 amide bonds. The number of aliphatic hydroxyl groups excluding tert-OH is 1. The largest absolute Gasteiger partial charge is 0.497 e. The van der Waals surface area contributed by atoms with Crippen molar-refractivity contribution in [3.05, 3.63) is 59.7 Å². The number of rotatable bonds is 15. The summed E-state index contributed by atoms with van der Waals surface area (Å²) in [5, 5.41) is 14.1. The second-order valence-corrected chi connectivity index (χ2v) is 10.1. The molecule has 1 aliphatic heterocycles. The molecule has 0 bridgehead atoms. The molecule has 2 N–H and O–H groups in total. The van der Waals surface area contributed by atoms with Crippen LogP contribution in [0.1, 0.15) is 80.8 Å². The van der Waals surface area contributed by atoms with Crippen LogP contribution >= 0.6 is 0 Å². The number of likely N-dealkylation sites (tertiary alicyclic amines) is 1. The van der Waals surface area contributed by atoms with E-state index in [1.54, 1.807) is 7.11 Å². The van der Waals surface area contributed by atoms with Gasteiger partial charge in [0, 0.05) is 24.9 Å². The number of unbranched alkanes of at least 4 members (excludes halogenated alkanes) is 2. The highest BCUT2D eigenvalue weighted by atomic mass is 16.5. The van der Waals surface area contributed by atoms with Gasteiger partial charge >= 0.3 is 0 Å². The van der Waals surface area contributed by atoms with Gasteiger partial charge in [-0.1, -0.05) is 18.6 Å². The standard InChI is InChI=1S/C30H42N2O5/c1-22(2)37-26-17-11-23(12-18-26)28(33)9-5-4-6-10-29(34)31-27(21-32-19-7-8-20-32)30(35)24-13-15-25(36-3)16-14-24/h11-18,22,27,30,35H,4-10,19-21H2,1-3H3,(H,31,34)/t27-,30?/m1/s1. The minimum atomic E-state index is -0.801. The molecule has 0 radical (unpaired) electrons. The lowest BCUT2D eigenvalue weighted by atomic mass is 10.0. The van der Waals surface area contributed by atoms with Gasteiger partial charge in [0.2, 0.25) is 5.91 Å². The summed E-state index contributed by atoms with van der Waals surface area (Å²) in [5.41, 5.74) is 1.44. The molecule has 7 nitrogen and oxygen atoms in total. The third-order valence-electron chi connectivity index (χ3n) is 6.69. The molecule has 0 aromatic heterocycles. The van der Waals surface area contributed by atoms with Gasteiger partial charge in [-0.25, -0.2) is 0 Å². The zero-order valence-electron chi connectivity index (χ0n) is 22.4. The van der Waals surface area contributed by atoms with Gasteiger partial charge in [-0.15, -0.1) is 0 Å². The van der Waals surface area contributed by atoms with E-state index in [0.29, 0.717) is 31.4 Å². The van der Waals surface area contributed by atoms with Gasteiger partial charge in [-0.2, -0.15) is 0 Å². The highest BCUT2D eigenvalue weighted by molar-refractivity contribution is 5.96. The molecular formula is C30H42N2O5. The summed E-state index contributed by atoms with van der Waals surface area (Å²) in [7, 11) is 1.61. The van der Waals surface area contributed by atoms with Crippen molar-refractivity contribution < 1.29 is 24.2 Å². The summed E-state index contributed by atoms with van der Waals surface area (Å²) < 4.78 is 10.8. The highest BCUT2D eigenvalue weighted by Crippen LogP contribution is 2.22. The van der Waals surface area contributed by atoms with Crippen molar-refractivity contribution in [2.45, 2.75) is 77.0 Å². The molecule has 1 aliphatic rings. The molecule has 0 saturated carbocycles. The number of nitrogens with one attached hydrogen (secondary N) is 1. The van der Waals surface area contributed by atoms with Crippen LogP contribution in [0.5, 0.6) is 11.5 Å². The number of Topliss-reactive ketones (excluding diaryl/α,β-unsaturated/α-hetero) is 1. The Morgan fingerprint density at radius 1 is 0.919 bits per heavy atom. The lowest BCUT2D eigenvalue weighted by molar-refractivity contribution is -0.123. The molecule has 1 heterocycles. The van der Waals surface area contributed by atoms with Crippen LogP contribution in [-0.4, -0.2) is 60.6 Å². The van der Waals surface area contributed by atoms with Crippen LogP contribution in [0, 0.1) is 0 Å². The van der Waals surface area contributed by atoms with Crippen LogP contribution in [0.2, 0.25) is 0 Å². The Labute approximate surface area is 221 Å². The normalized spacial score (nSPS) is 15.4. The third kappa shape index (κ3) is 9.48. The molecule has 0 aliphatic carbocycles. The number of carbonyl (C=O) groups is 2. The third-order valence-corrected chi connectivity index (χ3v) is 6.69. The minimum absolute atomic E-state index is 0.0659. The lowest BCUT2D eigenvalue weighted by Gasteiger charge is -2.29. The number of hydrogen-bond donors (Lipinski definition) is 2. The summed E-state index contributed by atoms with van der Waals surface area (Å²) in [4.78, 5) is 27.5. The molecule has 37 heavy (non-hydrogen) atoms. The molecule has 7 heteroatoms. The van der Waals surface area contributed by atoms with Crippen molar-refractivity contribution in [3.8, 4) is 11.5 Å². The molecule has 2 atom stereocenters. The fraction of sp³-hybridized carbons (Fsp3) is 0.533. The molecule has 202 valence electrons. The first-order valence-electron chi connectivity index (χ1n) is 13.5. The van der Waals surface area contributed by atoms with E-state index in [1.807, 2.05) is 62.4 Å². The van der Waals surface area contributed by atoms with Crippen LogP contribution in [-0.2, 0) is 4.79 Å². The maximum Gasteiger partial charge on any atom is 0.220 e. The average Bonchev–Trinajstić information content (AvgIpc) is 3.41. The van der Waals surface area contributed by atoms with E-state index in [0.717, 1.165) is 55.8 Å². The van der Waals surface area contributed by atoms with Crippen LogP contribution < -0.4 is 14.8 Å². The van der Waals surface area contributed by atoms with Crippen molar-refractivity contribution in [1.29, 1.82) is 0 Å². The summed E-state index contributed by atoms with van der Waals surface area (Å²) in [6.07, 6.45) is 4.66. The Hall–Kier alpha value is -2.90. The predicted octanol–water partition coefficient (Wildman–Crippen LogP) is 4.93. The fourth-order valence-corrected chi connectivity index (χ4v) is 4.66. The van der Waals surface area contributed by atoms with E-state index in [4.69, 9.17) is 9.47 Å². The van der Waals surface area contributed by atoms with E-state index in [9.17, 15) is 14.7 Å². The minimum Gasteiger partial charge on any atom is -0.497 e. The van der Waals surface area contributed by atoms with Crippen molar-refractivity contribution in [3.63, 3.8) is 0 Å². The second kappa shape index (κ2) is 14.7. The van der Waals surface area contributed by atoms with Gasteiger partial charge in [-0.3, -0.25) is 9.59 Å². The molecule has 1 saturated heterocycles. The topological polar surface area (TPSA) is 88.1 Å². The maximum absolute atomic E-state index is 12.8. The van der Waals surface area contributed by atoms with Crippen LogP contribution in [0.25, 0.3) is 0 Å². The number of carbonyl (C=O) groups excluding carboxylic acids is 2. The van der Waals surface area contributed by atoms with E-state index < -0.39 is 6.10 Å². The zero-order chi connectivity index (χ0) is 26.6. The maximum atomic E-state index is 12.8. The quantitative estimate of drug-likeness (QED) is 0.261. The first-order chi connectivity index (χ1) is 17.9. The van der Waals surface area contributed by atoms with Crippen molar-refractivity contribution in [2.24, 2.45) is 0 Å². The van der Waals surface area contributed by atoms with Gasteiger partial charge in [0.15, 0.2) is 5.78 Å². The number of ketones is 1. The second-order valence-electron chi connectivity index (χ2n) is 10.1. The molecule has 1 unspecified atom stereocenters. The monoisotopic (exact) mass is 510 g/mol. The Balaban J connectivity index is 1.43. The lowest BCUT2D eigenvalue weighted by Crippen LogP contribution is -2.46. The molecule has 2 aromatic rings. The number of amides is 1. The number of ether oxygens (including phenoxy) is 2. The molecule has 1 fully saturated rings. The van der Waals surface area contributed by atoms with E-state index in [1.165, 1.54) is 0 Å². The number of benzene rings is 2. The molecule has 0 spiro atoms. The first-order valence-corrected chi connectivity index (χ1v) is 13.5. The average molecular weight is 511 g/mol. The van der Waals surface area contributed by atoms with Crippen molar-refractivity contribution in [1.82, 2.24) is 10.2 Å². The van der Waals surface area contributed by atoms with Crippen LogP contribution in [0.3, 0.4) is 0 Å². The Bertz CT molecular complexity index is 968. The summed E-state index contributed by atoms with van der Waals surface area (Å²) >= 11 is 0. The molecular weight excluding hydrogens is 468 g/mol. The number of methoxy groups -OCH3 is 1. The van der Waals surface area contributed by atoms with Gasteiger partial charge in [0.1, 0.15) is 17.6 Å². The fourth-order valence-electron chi connectivity index (χ4n) is 4.66. The highest BCUT2D eigenvalue weighted by Gasteiger charge is 2.26. The summed E-state index contributed by atoms with van der Waals surface area (Å²) in [6, 6.07) is 14.2. The summed E-state index contributed by atoms with van der Waals surface area (Å²) in [5.74, 6) is 1.53.